The lowest BCUT2D eigenvalue weighted by Gasteiger charge is -2.13. The third-order valence-corrected chi connectivity index (χ3v) is 2.59. The quantitative estimate of drug-likeness (QED) is 0.815. The Labute approximate surface area is 107 Å². The van der Waals surface area contributed by atoms with E-state index in [9.17, 15) is 4.79 Å². The number of amidine groups is 1. The summed E-state index contributed by atoms with van der Waals surface area (Å²) in [7, 11) is 3.74. The minimum atomic E-state index is -0.0222. The number of rotatable bonds is 4. The van der Waals surface area contributed by atoms with Gasteiger partial charge in [0, 0.05) is 12.1 Å². The Bertz CT molecular complexity index is 468. The molecular formula is C13H18N4O. The molecular weight excluding hydrogens is 228 g/mol. The van der Waals surface area contributed by atoms with Gasteiger partial charge in [0.05, 0.1) is 18.8 Å². The standard InChI is InChI=1S/C13H18N4O/c1-17(2)9-12(18)16-11-6-4-3-5-10(11)13-14-7-8-15-13/h3-6H,7-9H2,1-2H3,(H,14,15)(H,16,18). The van der Waals surface area contributed by atoms with Crippen LogP contribution in [0.2, 0.25) is 0 Å². The predicted molar refractivity (Wildman–Crippen MR) is 73.0 cm³/mol. The Kier molecular flexibility index (Phi) is 3.94. The molecule has 1 aromatic carbocycles. The monoisotopic (exact) mass is 246 g/mol. The Morgan fingerprint density at radius 2 is 2.22 bits per heavy atom. The minimum Gasteiger partial charge on any atom is -0.368 e. The number of anilines is 1. The minimum absolute atomic E-state index is 0.0222. The first-order valence-corrected chi connectivity index (χ1v) is 5.99. The summed E-state index contributed by atoms with van der Waals surface area (Å²) < 4.78 is 0. The fourth-order valence-corrected chi connectivity index (χ4v) is 1.85. The predicted octanol–water partition coefficient (Wildman–Crippen LogP) is 0.536. The maximum atomic E-state index is 11.8. The highest BCUT2D eigenvalue weighted by Gasteiger charge is 2.13. The molecule has 5 heteroatoms. The fraction of sp³-hybridized carbons (Fsp3) is 0.385. The van der Waals surface area contributed by atoms with Crippen molar-refractivity contribution in [3.63, 3.8) is 0 Å². The van der Waals surface area contributed by atoms with Crippen molar-refractivity contribution in [2.24, 2.45) is 4.99 Å². The molecule has 1 amide bonds. The van der Waals surface area contributed by atoms with E-state index < -0.39 is 0 Å². The molecule has 0 radical (unpaired) electrons. The summed E-state index contributed by atoms with van der Waals surface area (Å²) in [5.41, 5.74) is 1.75. The van der Waals surface area contributed by atoms with Crippen molar-refractivity contribution >= 4 is 17.4 Å². The molecule has 1 aliphatic heterocycles. The van der Waals surface area contributed by atoms with E-state index >= 15 is 0 Å². The normalized spacial score (nSPS) is 14.3. The van der Waals surface area contributed by atoms with Gasteiger partial charge in [-0.2, -0.15) is 0 Å². The van der Waals surface area contributed by atoms with Gasteiger partial charge in [-0.25, -0.2) is 0 Å². The summed E-state index contributed by atoms with van der Waals surface area (Å²) in [5.74, 6) is 0.835. The summed E-state index contributed by atoms with van der Waals surface area (Å²) in [6.45, 7) is 2.01. The van der Waals surface area contributed by atoms with Crippen molar-refractivity contribution < 1.29 is 4.79 Å². The van der Waals surface area contributed by atoms with Crippen LogP contribution in [0.5, 0.6) is 0 Å². The van der Waals surface area contributed by atoms with Crippen molar-refractivity contribution in [1.82, 2.24) is 10.2 Å². The van der Waals surface area contributed by atoms with Crippen molar-refractivity contribution in [1.29, 1.82) is 0 Å². The Balaban J connectivity index is 2.15. The van der Waals surface area contributed by atoms with Gasteiger partial charge in [0.25, 0.3) is 0 Å². The van der Waals surface area contributed by atoms with E-state index in [0.717, 1.165) is 30.2 Å². The first kappa shape index (κ1) is 12.6. The summed E-state index contributed by atoms with van der Waals surface area (Å²) in [5, 5.41) is 6.13. The lowest BCUT2D eigenvalue weighted by molar-refractivity contribution is -0.116. The van der Waals surface area contributed by atoms with Gasteiger partial charge in [0.2, 0.25) is 5.91 Å². The zero-order valence-electron chi connectivity index (χ0n) is 10.7. The van der Waals surface area contributed by atoms with Gasteiger partial charge in [-0.15, -0.1) is 0 Å². The number of benzene rings is 1. The number of aliphatic imine (C=N–C) groups is 1. The van der Waals surface area contributed by atoms with Gasteiger partial charge >= 0.3 is 0 Å². The summed E-state index contributed by atoms with van der Waals surface area (Å²) in [6.07, 6.45) is 0. The van der Waals surface area contributed by atoms with E-state index in [4.69, 9.17) is 0 Å². The second-order valence-corrected chi connectivity index (χ2v) is 4.49. The maximum absolute atomic E-state index is 11.8. The van der Waals surface area contributed by atoms with Crippen LogP contribution in [0.3, 0.4) is 0 Å². The Hall–Kier alpha value is -1.88. The molecule has 0 aliphatic carbocycles. The van der Waals surface area contributed by atoms with Crippen LogP contribution in [0.25, 0.3) is 0 Å². The van der Waals surface area contributed by atoms with Gasteiger partial charge in [-0.3, -0.25) is 9.79 Å². The highest BCUT2D eigenvalue weighted by Crippen LogP contribution is 2.16. The van der Waals surface area contributed by atoms with Crippen molar-refractivity contribution in [3.8, 4) is 0 Å². The fourth-order valence-electron chi connectivity index (χ4n) is 1.85. The van der Waals surface area contributed by atoms with Gasteiger partial charge in [0.15, 0.2) is 0 Å². The third kappa shape index (κ3) is 3.07. The summed E-state index contributed by atoms with van der Waals surface area (Å²) in [6, 6.07) is 7.71. The largest absolute Gasteiger partial charge is 0.368 e. The molecule has 5 nitrogen and oxygen atoms in total. The second kappa shape index (κ2) is 5.64. The number of nitrogens with one attached hydrogen (secondary N) is 2. The molecule has 0 bridgehead atoms. The SMILES string of the molecule is CN(C)CC(=O)Nc1ccccc1C1=NCCN1. The maximum Gasteiger partial charge on any atom is 0.238 e. The molecule has 1 aromatic rings. The number of para-hydroxylation sites is 1. The average molecular weight is 246 g/mol. The number of nitrogens with zero attached hydrogens (tertiary/aromatic N) is 2. The summed E-state index contributed by atoms with van der Waals surface area (Å²) in [4.78, 5) is 18.0. The van der Waals surface area contributed by atoms with E-state index in [1.807, 2.05) is 43.3 Å². The molecule has 0 saturated heterocycles. The third-order valence-electron chi connectivity index (χ3n) is 2.59. The lowest BCUT2D eigenvalue weighted by Crippen LogP contribution is -2.28. The second-order valence-electron chi connectivity index (χ2n) is 4.49. The highest BCUT2D eigenvalue weighted by molar-refractivity contribution is 6.07. The molecule has 0 spiro atoms. The molecule has 1 heterocycles. The molecule has 0 fully saturated rings. The number of amides is 1. The van der Waals surface area contributed by atoms with Crippen LogP contribution in [-0.4, -0.2) is 50.4 Å². The summed E-state index contributed by atoms with van der Waals surface area (Å²) >= 11 is 0. The first-order valence-electron chi connectivity index (χ1n) is 5.99. The number of carbonyl (C=O) groups excluding carboxylic acids is 1. The number of hydrogen-bond donors (Lipinski definition) is 2. The van der Waals surface area contributed by atoms with Gasteiger partial charge in [0.1, 0.15) is 5.84 Å². The zero-order chi connectivity index (χ0) is 13.0. The molecule has 96 valence electrons. The molecule has 2 rings (SSSR count). The van der Waals surface area contributed by atoms with Crippen LogP contribution in [0, 0.1) is 0 Å². The molecule has 0 unspecified atom stereocenters. The van der Waals surface area contributed by atoms with Gasteiger partial charge in [-0.1, -0.05) is 12.1 Å². The van der Waals surface area contributed by atoms with Crippen molar-refractivity contribution in [2.45, 2.75) is 0 Å². The smallest absolute Gasteiger partial charge is 0.238 e. The topological polar surface area (TPSA) is 56.7 Å². The van der Waals surface area contributed by atoms with Crippen LogP contribution in [0.4, 0.5) is 5.69 Å². The van der Waals surface area contributed by atoms with Crippen LogP contribution in [0.1, 0.15) is 5.56 Å². The highest BCUT2D eigenvalue weighted by atomic mass is 16.2. The van der Waals surface area contributed by atoms with E-state index in [2.05, 4.69) is 15.6 Å². The van der Waals surface area contributed by atoms with E-state index in [1.54, 1.807) is 0 Å². The molecule has 2 N–H and O–H groups in total. The molecule has 0 atom stereocenters. The van der Waals surface area contributed by atoms with Gasteiger partial charge < -0.3 is 15.5 Å². The number of carbonyl (C=O) groups is 1. The Morgan fingerprint density at radius 1 is 1.44 bits per heavy atom. The molecule has 1 aliphatic rings. The first-order chi connectivity index (χ1) is 8.66. The molecule has 0 saturated carbocycles. The van der Waals surface area contributed by atoms with E-state index in [0.29, 0.717) is 6.54 Å². The number of likely N-dealkylation sites (N-methyl/N-ethyl adjacent to an activating group) is 1. The van der Waals surface area contributed by atoms with E-state index in [1.165, 1.54) is 0 Å². The van der Waals surface area contributed by atoms with Crippen molar-refractivity contribution in [3.05, 3.63) is 29.8 Å². The number of hydrogen-bond acceptors (Lipinski definition) is 4. The van der Waals surface area contributed by atoms with E-state index in [-0.39, 0.29) is 5.91 Å². The van der Waals surface area contributed by atoms with Crippen molar-refractivity contribution in [2.75, 3.05) is 39.0 Å². The zero-order valence-corrected chi connectivity index (χ0v) is 10.7. The van der Waals surface area contributed by atoms with Crippen LogP contribution < -0.4 is 10.6 Å². The molecule has 0 aromatic heterocycles. The average Bonchev–Trinajstić information content (AvgIpc) is 2.81. The van der Waals surface area contributed by atoms with Crippen LogP contribution in [0.15, 0.2) is 29.3 Å². The van der Waals surface area contributed by atoms with Crippen LogP contribution in [-0.2, 0) is 4.79 Å². The lowest BCUT2D eigenvalue weighted by atomic mass is 10.1. The van der Waals surface area contributed by atoms with Gasteiger partial charge in [-0.05, 0) is 26.2 Å². The van der Waals surface area contributed by atoms with Crippen LogP contribution >= 0.6 is 0 Å². The Morgan fingerprint density at radius 3 is 2.89 bits per heavy atom. The molecule has 18 heavy (non-hydrogen) atoms.